The van der Waals surface area contributed by atoms with Gasteiger partial charge in [-0.1, -0.05) is 61.3 Å². The number of amides is 1. The molecule has 0 radical (unpaired) electrons. The summed E-state index contributed by atoms with van der Waals surface area (Å²) in [5.41, 5.74) is 2.58. The summed E-state index contributed by atoms with van der Waals surface area (Å²) in [6, 6.07) is 15.9. The van der Waals surface area contributed by atoms with E-state index in [0.717, 1.165) is 16.9 Å². The lowest BCUT2D eigenvalue weighted by Gasteiger charge is -2.17. The molecule has 2 N–H and O–H groups in total. The lowest BCUT2D eigenvalue weighted by Crippen LogP contribution is -2.13. The van der Waals surface area contributed by atoms with Crippen molar-refractivity contribution in [3.05, 3.63) is 81.3 Å². The molecule has 0 aliphatic carbocycles. The van der Waals surface area contributed by atoms with Gasteiger partial charge in [-0.05, 0) is 54.3 Å². The number of aromatic hydroxyl groups is 1. The number of phenols is 1. The first-order valence-corrected chi connectivity index (χ1v) is 9.88. The van der Waals surface area contributed by atoms with Crippen molar-refractivity contribution in [2.45, 2.75) is 26.7 Å². The molecule has 1 amide bonds. The molecule has 3 rings (SSSR count). The van der Waals surface area contributed by atoms with E-state index < -0.39 is 5.91 Å². The molecule has 0 atom stereocenters. The quantitative estimate of drug-likeness (QED) is 0.451. The minimum Gasteiger partial charge on any atom is -0.506 e. The second kappa shape index (κ2) is 8.76. The molecule has 0 aliphatic rings. The number of halogens is 2. The predicted octanol–water partition coefficient (Wildman–Crippen LogP) is 7.18. The molecule has 3 aromatic rings. The summed E-state index contributed by atoms with van der Waals surface area (Å²) < 4.78 is 6.17. The van der Waals surface area contributed by atoms with Crippen LogP contribution in [-0.2, 0) is 0 Å². The highest BCUT2D eigenvalue weighted by molar-refractivity contribution is 6.36. The molecule has 0 heterocycles. The van der Waals surface area contributed by atoms with Gasteiger partial charge in [-0.25, -0.2) is 0 Å². The molecule has 0 saturated heterocycles. The minimum absolute atomic E-state index is 0.00789. The van der Waals surface area contributed by atoms with Crippen LogP contribution < -0.4 is 10.1 Å². The smallest absolute Gasteiger partial charge is 0.259 e. The molecular weight excluding hydrogens is 409 g/mol. The Balaban J connectivity index is 1.93. The van der Waals surface area contributed by atoms with Gasteiger partial charge >= 0.3 is 0 Å². The van der Waals surface area contributed by atoms with Crippen LogP contribution in [0.4, 0.5) is 5.69 Å². The number of para-hydroxylation sites is 2. The van der Waals surface area contributed by atoms with E-state index in [1.165, 1.54) is 12.1 Å². The zero-order valence-electron chi connectivity index (χ0n) is 16.3. The van der Waals surface area contributed by atoms with E-state index in [2.05, 4.69) is 19.2 Å². The highest BCUT2D eigenvalue weighted by Gasteiger charge is 2.18. The van der Waals surface area contributed by atoms with Crippen molar-refractivity contribution in [3.8, 4) is 17.2 Å². The molecule has 0 bridgehead atoms. The maximum atomic E-state index is 12.7. The first kappa shape index (κ1) is 21.0. The number of anilines is 1. The van der Waals surface area contributed by atoms with Crippen LogP contribution in [0.5, 0.6) is 17.2 Å². The SMILES string of the molecule is Cc1ccc(C(C)C)c(Oc2ccccc2NC(=O)c2cc(Cl)cc(Cl)c2O)c1. The van der Waals surface area contributed by atoms with Gasteiger partial charge in [0.2, 0.25) is 0 Å². The van der Waals surface area contributed by atoms with E-state index in [-0.39, 0.29) is 27.3 Å². The monoisotopic (exact) mass is 429 g/mol. The molecule has 0 fully saturated rings. The number of carbonyl (C=O) groups excluding carboxylic acids is 1. The topological polar surface area (TPSA) is 58.6 Å². The lowest BCUT2D eigenvalue weighted by molar-refractivity contribution is 0.102. The number of carbonyl (C=O) groups is 1. The van der Waals surface area contributed by atoms with E-state index in [9.17, 15) is 9.90 Å². The molecule has 0 saturated carbocycles. The number of aryl methyl sites for hydroxylation is 1. The van der Waals surface area contributed by atoms with Crippen molar-refractivity contribution in [1.29, 1.82) is 0 Å². The van der Waals surface area contributed by atoms with Crippen molar-refractivity contribution < 1.29 is 14.6 Å². The van der Waals surface area contributed by atoms with Gasteiger partial charge in [-0.15, -0.1) is 0 Å². The average Bonchev–Trinajstić information content (AvgIpc) is 2.66. The number of nitrogens with one attached hydrogen (secondary N) is 1. The summed E-state index contributed by atoms with van der Waals surface area (Å²) in [7, 11) is 0. The van der Waals surface area contributed by atoms with Crippen LogP contribution in [0.25, 0.3) is 0 Å². The van der Waals surface area contributed by atoms with Gasteiger partial charge in [0.25, 0.3) is 5.91 Å². The number of rotatable bonds is 5. The molecule has 6 heteroatoms. The van der Waals surface area contributed by atoms with Crippen molar-refractivity contribution in [1.82, 2.24) is 0 Å². The second-order valence-corrected chi connectivity index (χ2v) is 7.88. The number of ether oxygens (including phenoxy) is 1. The molecule has 150 valence electrons. The van der Waals surface area contributed by atoms with Crippen LogP contribution in [0.1, 0.15) is 41.3 Å². The third-order valence-corrected chi connectivity index (χ3v) is 4.93. The Kier molecular flexibility index (Phi) is 6.36. The Labute approximate surface area is 180 Å². The first-order valence-electron chi connectivity index (χ1n) is 9.13. The minimum atomic E-state index is -0.545. The van der Waals surface area contributed by atoms with Crippen molar-refractivity contribution in [3.63, 3.8) is 0 Å². The molecule has 29 heavy (non-hydrogen) atoms. The standard InChI is InChI=1S/C23H21Cl2NO3/c1-13(2)16-9-8-14(3)10-21(16)29-20-7-5-4-6-19(20)26-23(28)17-11-15(24)12-18(25)22(17)27/h4-13,27H,1-3H3,(H,26,28). The van der Waals surface area contributed by atoms with Crippen molar-refractivity contribution in [2.75, 3.05) is 5.32 Å². The Hall–Kier alpha value is -2.69. The van der Waals surface area contributed by atoms with E-state index >= 15 is 0 Å². The van der Waals surface area contributed by atoms with Gasteiger partial charge in [0.15, 0.2) is 5.75 Å². The van der Waals surface area contributed by atoms with Gasteiger partial charge in [0.05, 0.1) is 16.3 Å². The number of hydrogen-bond donors (Lipinski definition) is 2. The fourth-order valence-electron chi connectivity index (χ4n) is 2.91. The van der Waals surface area contributed by atoms with Crippen LogP contribution in [0, 0.1) is 6.92 Å². The van der Waals surface area contributed by atoms with Crippen molar-refractivity contribution >= 4 is 34.8 Å². The van der Waals surface area contributed by atoms with Crippen LogP contribution in [-0.4, -0.2) is 11.0 Å². The number of phenolic OH excluding ortho intramolecular Hbond substituents is 1. The van der Waals surface area contributed by atoms with Gasteiger partial charge in [-0.3, -0.25) is 4.79 Å². The summed E-state index contributed by atoms with van der Waals surface area (Å²) >= 11 is 11.9. The summed E-state index contributed by atoms with van der Waals surface area (Å²) in [6.07, 6.45) is 0. The Morgan fingerprint density at radius 2 is 1.76 bits per heavy atom. The first-order chi connectivity index (χ1) is 13.8. The second-order valence-electron chi connectivity index (χ2n) is 7.03. The molecule has 0 aromatic heterocycles. The van der Waals surface area contributed by atoms with Crippen LogP contribution in [0.3, 0.4) is 0 Å². The van der Waals surface area contributed by atoms with E-state index in [1.54, 1.807) is 18.2 Å². The molecule has 0 aliphatic heterocycles. The fraction of sp³-hybridized carbons (Fsp3) is 0.174. The predicted molar refractivity (Wildman–Crippen MR) is 118 cm³/mol. The lowest BCUT2D eigenvalue weighted by atomic mass is 10.0. The van der Waals surface area contributed by atoms with Crippen LogP contribution in [0.2, 0.25) is 10.0 Å². The van der Waals surface area contributed by atoms with E-state index in [1.807, 2.05) is 31.2 Å². The highest BCUT2D eigenvalue weighted by Crippen LogP contribution is 2.36. The van der Waals surface area contributed by atoms with Gasteiger partial charge in [-0.2, -0.15) is 0 Å². The molecular formula is C23H21Cl2NO3. The van der Waals surface area contributed by atoms with Gasteiger partial charge in [0.1, 0.15) is 11.5 Å². The summed E-state index contributed by atoms with van der Waals surface area (Å²) in [6.45, 7) is 6.18. The third-order valence-electron chi connectivity index (χ3n) is 4.42. The maximum absolute atomic E-state index is 12.7. The van der Waals surface area contributed by atoms with Crippen LogP contribution in [0.15, 0.2) is 54.6 Å². The zero-order chi connectivity index (χ0) is 21.1. The van der Waals surface area contributed by atoms with Gasteiger partial charge in [0, 0.05) is 5.02 Å². The summed E-state index contributed by atoms with van der Waals surface area (Å²) in [5, 5.41) is 13.1. The third kappa shape index (κ3) is 4.84. The highest BCUT2D eigenvalue weighted by atomic mass is 35.5. The Morgan fingerprint density at radius 3 is 2.48 bits per heavy atom. The number of hydrogen-bond acceptors (Lipinski definition) is 3. The fourth-order valence-corrected chi connectivity index (χ4v) is 3.41. The molecule has 3 aromatic carbocycles. The van der Waals surface area contributed by atoms with E-state index in [0.29, 0.717) is 11.4 Å². The van der Waals surface area contributed by atoms with Gasteiger partial charge < -0.3 is 15.2 Å². The van der Waals surface area contributed by atoms with Crippen molar-refractivity contribution in [2.24, 2.45) is 0 Å². The molecule has 0 spiro atoms. The molecule has 4 nitrogen and oxygen atoms in total. The average molecular weight is 430 g/mol. The van der Waals surface area contributed by atoms with E-state index in [4.69, 9.17) is 27.9 Å². The number of benzene rings is 3. The maximum Gasteiger partial charge on any atom is 0.259 e. The Morgan fingerprint density at radius 1 is 1.03 bits per heavy atom. The summed E-state index contributed by atoms with van der Waals surface area (Å²) in [4.78, 5) is 12.7. The zero-order valence-corrected chi connectivity index (χ0v) is 17.8. The normalized spacial score (nSPS) is 10.8. The largest absolute Gasteiger partial charge is 0.506 e. The summed E-state index contributed by atoms with van der Waals surface area (Å²) in [5.74, 6) is 0.623. The Bertz CT molecular complexity index is 1060. The van der Waals surface area contributed by atoms with Crippen LogP contribution >= 0.6 is 23.2 Å². The molecule has 0 unspecified atom stereocenters.